The number of phenolic OH excluding ortho intramolecular Hbond substituents is 1. The second kappa shape index (κ2) is 10.9. The van der Waals surface area contributed by atoms with Crippen LogP contribution in [0.5, 0.6) is 5.75 Å². The maximum absolute atomic E-state index is 12.4. The Hall–Kier alpha value is -4.11. The molecule has 5 rings (SSSR count). The molecule has 1 aliphatic rings. The molecule has 0 atom stereocenters. The summed E-state index contributed by atoms with van der Waals surface area (Å²) in [5.41, 5.74) is 6.48. The van der Waals surface area contributed by atoms with Gasteiger partial charge in [0.05, 0.1) is 17.4 Å². The third-order valence-electron chi connectivity index (χ3n) is 6.70. The number of likely N-dealkylation sites (tertiary alicyclic amines) is 1. The van der Waals surface area contributed by atoms with Gasteiger partial charge < -0.3 is 20.6 Å². The number of benzene rings is 2. The molecule has 1 aliphatic heterocycles. The number of rotatable bonds is 8. The van der Waals surface area contributed by atoms with Gasteiger partial charge in [-0.1, -0.05) is 13.0 Å². The van der Waals surface area contributed by atoms with E-state index in [1.165, 1.54) is 12.8 Å². The molecule has 9 heteroatoms. The molecule has 0 saturated carbocycles. The predicted molar refractivity (Wildman–Crippen MR) is 144 cm³/mol. The Labute approximate surface area is 216 Å². The highest BCUT2D eigenvalue weighted by Crippen LogP contribution is 2.31. The fraction of sp³-hybridized carbons (Fsp3) is 0.321. The molecule has 4 aromatic rings. The lowest BCUT2D eigenvalue weighted by molar-refractivity contribution is 0.0945. The molecule has 1 fully saturated rings. The number of aromatic hydroxyl groups is 1. The van der Waals surface area contributed by atoms with Crippen molar-refractivity contribution >= 4 is 28.6 Å². The van der Waals surface area contributed by atoms with Gasteiger partial charge in [-0.05, 0) is 97.9 Å². The Kier molecular flexibility index (Phi) is 7.23. The van der Waals surface area contributed by atoms with Crippen LogP contribution in [0, 0.1) is 6.92 Å². The Morgan fingerprint density at radius 1 is 1.08 bits per heavy atom. The number of hydrogen-bond donors (Lipinski definition) is 3. The average Bonchev–Trinajstić information content (AvgIpc) is 3.43. The lowest BCUT2D eigenvalue weighted by atomic mass is 9.96. The van der Waals surface area contributed by atoms with Crippen LogP contribution >= 0.6 is 0 Å². The van der Waals surface area contributed by atoms with E-state index in [4.69, 9.17) is 0 Å². The largest absolute Gasteiger partial charge is 0.508 e. The summed E-state index contributed by atoms with van der Waals surface area (Å²) in [5, 5.41) is 24.7. The monoisotopic (exact) mass is 497 g/mol. The van der Waals surface area contributed by atoms with Crippen molar-refractivity contribution in [1.29, 1.82) is 0 Å². The van der Waals surface area contributed by atoms with Gasteiger partial charge >= 0.3 is 0 Å². The van der Waals surface area contributed by atoms with E-state index < -0.39 is 0 Å². The van der Waals surface area contributed by atoms with E-state index >= 15 is 0 Å². The first kappa shape index (κ1) is 24.6. The van der Waals surface area contributed by atoms with Gasteiger partial charge in [0, 0.05) is 13.1 Å². The lowest BCUT2D eigenvalue weighted by Crippen LogP contribution is -2.33. The van der Waals surface area contributed by atoms with Gasteiger partial charge in [0.2, 0.25) is 5.95 Å². The second-order valence-corrected chi connectivity index (χ2v) is 9.35. The van der Waals surface area contributed by atoms with Gasteiger partial charge in [-0.15, -0.1) is 10.2 Å². The van der Waals surface area contributed by atoms with Crippen molar-refractivity contribution in [2.75, 3.05) is 31.5 Å². The van der Waals surface area contributed by atoms with Gasteiger partial charge in [0.15, 0.2) is 0 Å². The molecule has 37 heavy (non-hydrogen) atoms. The van der Waals surface area contributed by atoms with E-state index in [0.717, 1.165) is 53.8 Å². The zero-order valence-electron chi connectivity index (χ0n) is 21.2. The summed E-state index contributed by atoms with van der Waals surface area (Å²) in [4.78, 5) is 23.7. The van der Waals surface area contributed by atoms with Crippen LogP contribution in [0.3, 0.4) is 0 Å². The normalized spacial score (nSPS) is 13.7. The second-order valence-electron chi connectivity index (χ2n) is 9.35. The molecular formula is C28H31N7O2. The van der Waals surface area contributed by atoms with Crippen molar-refractivity contribution in [3.63, 3.8) is 0 Å². The van der Waals surface area contributed by atoms with E-state index in [9.17, 15) is 9.90 Å². The molecule has 3 heterocycles. The van der Waals surface area contributed by atoms with Crippen molar-refractivity contribution < 1.29 is 9.90 Å². The highest BCUT2D eigenvalue weighted by molar-refractivity contribution is 5.92. The molecule has 2 aromatic carbocycles. The van der Waals surface area contributed by atoms with Gasteiger partial charge in [-0.25, -0.2) is 9.97 Å². The minimum absolute atomic E-state index is 0.182. The summed E-state index contributed by atoms with van der Waals surface area (Å²) in [5.74, 6) is 0.395. The van der Waals surface area contributed by atoms with Gasteiger partial charge in [-0.3, -0.25) is 4.79 Å². The van der Waals surface area contributed by atoms with Gasteiger partial charge in [-0.2, -0.15) is 0 Å². The number of amides is 1. The zero-order valence-corrected chi connectivity index (χ0v) is 21.2. The number of phenols is 1. The number of nitrogens with zero attached hydrogens (tertiary/aromatic N) is 5. The maximum atomic E-state index is 12.4. The van der Waals surface area contributed by atoms with Crippen LogP contribution in [-0.4, -0.2) is 62.3 Å². The maximum Gasteiger partial charge on any atom is 0.269 e. The molecule has 1 saturated heterocycles. The fourth-order valence-electron chi connectivity index (χ4n) is 4.72. The number of pyridine rings is 1. The van der Waals surface area contributed by atoms with Gasteiger partial charge in [0.25, 0.3) is 5.91 Å². The SMILES string of the molecule is CCc1ccc(O)cc1-c1cc(C)c2nc(Nc3ccc(C(=O)NCCN4CCCC4)nc3)nnc2c1. The fourth-order valence-corrected chi connectivity index (χ4v) is 4.72. The van der Waals surface area contributed by atoms with E-state index in [0.29, 0.717) is 29.4 Å². The zero-order chi connectivity index (χ0) is 25.8. The Morgan fingerprint density at radius 3 is 2.68 bits per heavy atom. The summed E-state index contributed by atoms with van der Waals surface area (Å²) in [6.07, 6.45) is 4.92. The molecule has 0 radical (unpaired) electrons. The number of carbonyl (C=O) groups excluding carboxylic acids is 1. The molecule has 9 nitrogen and oxygen atoms in total. The van der Waals surface area contributed by atoms with Crippen LogP contribution in [0.4, 0.5) is 11.6 Å². The van der Waals surface area contributed by atoms with E-state index in [-0.39, 0.29) is 11.7 Å². The first-order chi connectivity index (χ1) is 18.0. The molecule has 0 bridgehead atoms. The molecule has 190 valence electrons. The van der Waals surface area contributed by atoms with Crippen LogP contribution < -0.4 is 10.6 Å². The number of aryl methyl sites for hydroxylation is 2. The quantitative estimate of drug-likeness (QED) is 0.331. The standard InChI is InChI=1S/C28H31N7O2/c1-3-19-6-8-22(36)16-23(19)20-14-18(2)26-25(15-20)33-34-28(32-26)31-21-7-9-24(30-17-21)27(37)29-10-13-35-11-4-5-12-35/h6-9,14-17,36H,3-5,10-13H2,1-2H3,(H,29,37)(H,31,32,34). The first-order valence-electron chi connectivity index (χ1n) is 12.7. The van der Waals surface area contributed by atoms with Crippen LogP contribution in [0.1, 0.15) is 41.4 Å². The Morgan fingerprint density at radius 2 is 1.92 bits per heavy atom. The van der Waals surface area contributed by atoms with Crippen LogP contribution in [0.15, 0.2) is 48.7 Å². The summed E-state index contributed by atoms with van der Waals surface area (Å²) < 4.78 is 0. The molecule has 3 N–H and O–H groups in total. The Bertz CT molecular complexity index is 1420. The van der Waals surface area contributed by atoms with Crippen LogP contribution in [0.25, 0.3) is 22.2 Å². The summed E-state index contributed by atoms with van der Waals surface area (Å²) >= 11 is 0. The predicted octanol–water partition coefficient (Wildman–Crippen LogP) is 4.23. The number of aromatic nitrogens is 4. The topological polar surface area (TPSA) is 116 Å². The van der Waals surface area contributed by atoms with Gasteiger partial charge in [0.1, 0.15) is 17.0 Å². The van der Waals surface area contributed by atoms with E-state index in [1.54, 1.807) is 30.5 Å². The third kappa shape index (κ3) is 5.67. The minimum atomic E-state index is -0.182. The summed E-state index contributed by atoms with van der Waals surface area (Å²) in [6, 6.07) is 12.9. The van der Waals surface area contributed by atoms with Crippen LogP contribution in [0.2, 0.25) is 0 Å². The average molecular weight is 498 g/mol. The smallest absolute Gasteiger partial charge is 0.269 e. The van der Waals surface area contributed by atoms with Crippen molar-refractivity contribution in [2.45, 2.75) is 33.1 Å². The number of hydrogen-bond acceptors (Lipinski definition) is 8. The van der Waals surface area contributed by atoms with Crippen LogP contribution in [-0.2, 0) is 6.42 Å². The van der Waals surface area contributed by atoms with Crippen molar-refractivity contribution in [3.05, 3.63) is 65.5 Å². The summed E-state index contributed by atoms with van der Waals surface area (Å²) in [6.45, 7) is 7.77. The molecule has 0 spiro atoms. The molecule has 0 unspecified atom stereocenters. The molecule has 1 amide bonds. The number of fused-ring (bicyclic) bond motifs is 1. The highest BCUT2D eigenvalue weighted by Gasteiger charge is 2.14. The number of anilines is 2. The Balaban J connectivity index is 1.28. The van der Waals surface area contributed by atoms with Crippen molar-refractivity contribution in [2.24, 2.45) is 0 Å². The summed E-state index contributed by atoms with van der Waals surface area (Å²) in [7, 11) is 0. The number of nitrogens with one attached hydrogen (secondary N) is 2. The van der Waals surface area contributed by atoms with Crippen molar-refractivity contribution in [1.82, 2.24) is 30.4 Å². The molecule has 2 aromatic heterocycles. The lowest BCUT2D eigenvalue weighted by Gasteiger charge is -2.14. The van der Waals surface area contributed by atoms with Crippen molar-refractivity contribution in [3.8, 4) is 16.9 Å². The first-order valence-corrected chi connectivity index (χ1v) is 12.7. The third-order valence-corrected chi connectivity index (χ3v) is 6.70. The van der Waals surface area contributed by atoms with E-state index in [1.807, 2.05) is 25.1 Å². The van der Waals surface area contributed by atoms with E-state index in [2.05, 4.69) is 42.6 Å². The highest BCUT2D eigenvalue weighted by atomic mass is 16.3. The minimum Gasteiger partial charge on any atom is -0.508 e. The number of carbonyl (C=O) groups is 1. The molecular weight excluding hydrogens is 466 g/mol. The molecule has 0 aliphatic carbocycles.